The van der Waals surface area contributed by atoms with Gasteiger partial charge in [-0.25, -0.2) is 0 Å². The summed E-state index contributed by atoms with van der Waals surface area (Å²) >= 11 is 0. The highest BCUT2D eigenvalue weighted by Gasteiger charge is 2.35. The maximum atomic E-state index is 9.87. The molecule has 0 radical (unpaired) electrons. The van der Waals surface area contributed by atoms with E-state index in [2.05, 4.69) is 18.9 Å². The third-order valence-electron chi connectivity index (χ3n) is 5.04. The lowest BCUT2D eigenvalue weighted by Crippen LogP contribution is -2.43. The highest BCUT2D eigenvalue weighted by molar-refractivity contribution is 4.87. The Bertz CT molecular complexity index is 265. The standard InChI is InChI=1S/C16H31NO2/c1-14-4-3-7-16(10-14,13-18)12-17(2)11-15-5-8-19-9-6-15/h14-15,18H,3-13H2,1-2H3. The minimum Gasteiger partial charge on any atom is -0.396 e. The maximum absolute atomic E-state index is 9.87. The predicted molar refractivity (Wildman–Crippen MR) is 78.2 cm³/mol. The summed E-state index contributed by atoms with van der Waals surface area (Å²) in [7, 11) is 2.23. The van der Waals surface area contributed by atoms with E-state index in [9.17, 15) is 5.11 Å². The number of nitrogens with zero attached hydrogens (tertiary/aromatic N) is 1. The number of rotatable bonds is 5. The maximum Gasteiger partial charge on any atom is 0.0499 e. The lowest BCUT2D eigenvalue weighted by molar-refractivity contribution is 0.0148. The average Bonchev–Trinajstić information content (AvgIpc) is 2.39. The van der Waals surface area contributed by atoms with E-state index < -0.39 is 0 Å². The number of aliphatic hydroxyl groups excluding tert-OH is 1. The van der Waals surface area contributed by atoms with Crippen molar-refractivity contribution in [1.29, 1.82) is 0 Å². The minimum absolute atomic E-state index is 0.164. The first-order chi connectivity index (χ1) is 9.13. The summed E-state index contributed by atoms with van der Waals surface area (Å²) in [5, 5.41) is 9.87. The summed E-state index contributed by atoms with van der Waals surface area (Å²) in [6, 6.07) is 0. The van der Waals surface area contributed by atoms with Gasteiger partial charge in [0.05, 0.1) is 0 Å². The molecule has 0 aromatic rings. The van der Waals surface area contributed by atoms with Crippen LogP contribution in [-0.4, -0.2) is 50.0 Å². The molecule has 1 N–H and O–H groups in total. The molecule has 1 saturated carbocycles. The third-order valence-corrected chi connectivity index (χ3v) is 5.04. The van der Waals surface area contributed by atoms with Gasteiger partial charge in [-0.05, 0) is 44.6 Å². The Labute approximate surface area is 118 Å². The van der Waals surface area contributed by atoms with Gasteiger partial charge < -0.3 is 14.7 Å². The van der Waals surface area contributed by atoms with Crippen molar-refractivity contribution in [3.63, 3.8) is 0 Å². The van der Waals surface area contributed by atoms with Gasteiger partial charge in [-0.2, -0.15) is 0 Å². The third kappa shape index (κ3) is 4.44. The molecule has 0 aromatic carbocycles. The summed E-state index contributed by atoms with van der Waals surface area (Å²) in [5.74, 6) is 1.56. The van der Waals surface area contributed by atoms with Gasteiger partial charge in [0.15, 0.2) is 0 Å². The molecule has 19 heavy (non-hydrogen) atoms. The van der Waals surface area contributed by atoms with Crippen LogP contribution in [0.4, 0.5) is 0 Å². The molecule has 1 aliphatic carbocycles. The van der Waals surface area contributed by atoms with Crippen LogP contribution in [0.2, 0.25) is 0 Å². The van der Waals surface area contributed by atoms with Crippen LogP contribution in [0.1, 0.15) is 45.4 Å². The first kappa shape index (κ1) is 15.3. The molecule has 0 amide bonds. The Morgan fingerprint density at radius 1 is 1.26 bits per heavy atom. The topological polar surface area (TPSA) is 32.7 Å². The lowest BCUT2D eigenvalue weighted by Gasteiger charge is -2.42. The monoisotopic (exact) mass is 269 g/mol. The quantitative estimate of drug-likeness (QED) is 0.832. The molecule has 112 valence electrons. The van der Waals surface area contributed by atoms with Gasteiger partial charge in [0.2, 0.25) is 0 Å². The largest absolute Gasteiger partial charge is 0.396 e. The zero-order chi connectivity index (χ0) is 13.7. The smallest absolute Gasteiger partial charge is 0.0499 e. The normalized spacial score (nSPS) is 33.8. The van der Waals surface area contributed by atoms with Crippen LogP contribution in [-0.2, 0) is 4.74 Å². The number of ether oxygens (including phenoxy) is 1. The van der Waals surface area contributed by atoms with Gasteiger partial charge in [-0.15, -0.1) is 0 Å². The van der Waals surface area contributed by atoms with E-state index in [0.29, 0.717) is 6.61 Å². The van der Waals surface area contributed by atoms with Crippen LogP contribution in [0.5, 0.6) is 0 Å². The second-order valence-electron chi connectivity index (χ2n) is 7.11. The molecular formula is C16H31NO2. The fourth-order valence-electron chi connectivity index (χ4n) is 4.11. The van der Waals surface area contributed by atoms with Crippen molar-refractivity contribution in [1.82, 2.24) is 4.90 Å². The van der Waals surface area contributed by atoms with Gasteiger partial charge in [0.1, 0.15) is 0 Å². The van der Waals surface area contributed by atoms with Crippen LogP contribution in [0.25, 0.3) is 0 Å². The molecule has 1 heterocycles. The van der Waals surface area contributed by atoms with Gasteiger partial charge in [-0.3, -0.25) is 0 Å². The molecule has 2 rings (SSSR count). The van der Waals surface area contributed by atoms with E-state index >= 15 is 0 Å². The van der Waals surface area contributed by atoms with Crippen molar-refractivity contribution in [2.45, 2.75) is 45.4 Å². The van der Waals surface area contributed by atoms with Crippen LogP contribution >= 0.6 is 0 Å². The Morgan fingerprint density at radius 2 is 2.00 bits per heavy atom. The van der Waals surface area contributed by atoms with E-state index in [1.807, 2.05) is 0 Å². The van der Waals surface area contributed by atoms with Gasteiger partial charge >= 0.3 is 0 Å². The highest BCUT2D eigenvalue weighted by atomic mass is 16.5. The minimum atomic E-state index is 0.164. The molecule has 3 heteroatoms. The summed E-state index contributed by atoms with van der Waals surface area (Å²) in [6.07, 6.45) is 7.42. The summed E-state index contributed by atoms with van der Waals surface area (Å²) in [5.41, 5.74) is 0.164. The second-order valence-corrected chi connectivity index (χ2v) is 7.11. The first-order valence-corrected chi connectivity index (χ1v) is 8.01. The lowest BCUT2D eigenvalue weighted by atomic mass is 9.70. The Kier molecular flexibility index (Phi) is 5.67. The van der Waals surface area contributed by atoms with Crippen molar-refractivity contribution in [2.24, 2.45) is 17.3 Å². The molecule has 0 aromatic heterocycles. The fraction of sp³-hybridized carbons (Fsp3) is 1.00. The van der Waals surface area contributed by atoms with Crippen LogP contribution in [0, 0.1) is 17.3 Å². The van der Waals surface area contributed by atoms with Crippen LogP contribution in [0.3, 0.4) is 0 Å². The summed E-state index contributed by atoms with van der Waals surface area (Å²) in [4.78, 5) is 2.46. The number of hydrogen-bond acceptors (Lipinski definition) is 3. The van der Waals surface area contributed by atoms with E-state index in [-0.39, 0.29) is 5.41 Å². The zero-order valence-electron chi connectivity index (χ0n) is 12.7. The van der Waals surface area contributed by atoms with E-state index in [0.717, 1.165) is 31.6 Å². The second kappa shape index (κ2) is 7.05. The van der Waals surface area contributed by atoms with E-state index in [4.69, 9.17) is 4.74 Å². The zero-order valence-corrected chi connectivity index (χ0v) is 12.7. The van der Waals surface area contributed by atoms with Gasteiger partial charge in [0, 0.05) is 38.3 Å². The van der Waals surface area contributed by atoms with Gasteiger partial charge in [0.25, 0.3) is 0 Å². The molecule has 2 fully saturated rings. The van der Waals surface area contributed by atoms with Crippen LogP contribution in [0.15, 0.2) is 0 Å². The molecule has 1 aliphatic heterocycles. The molecule has 0 bridgehead atoms. The van der Waals surface area contributed by atoms with E-state index in [1.54, 1.807) is 0 Å². The van der Waals surface area contributed by atoms with E-state index in [1.165, 1.54) is 45.1 Å². The molecule has 0 spiro atoms. The van der Waals surface area contributed by atoms with Crippen molar-refractivity contribution in [3.05, 3.63) is 0 Å². The summed E-state index contributed by atoms with van der Waals surface area (Å²) in [6.45, 7) is 6.78. The van der Waals surface area contributed by atoms with Crippen molar-refractivity contribution in [2.75, 3.05) is 40.0 Å². The Balaban J connectivity index is 1.82. The number of hydrogen-bond donors (Lipinski definition) is 1. The summed E-state index contributed by atoms with van der Waals surface area (Å²) < 4.78 is 5.43. The molecule has 2 unspecified atom stereocenters. The SMILES string of the molecule is CC1CCCC(CO)(CN(C)CC2CCOCC2)C1. The molecule has 3 nitrogen and oxygen atoms in total. The molecular weight excluding hydrogens is 238 g/mol. The highest BCUT2D eigenvalue weighted by Crippen LogP contribution is 2.39. The molecule has 2 atom stereocenters. The fourth-order valence-corrected chi connectivity index (χ4v) is 4.11. The van der Waals surface area contributed by atoms with Crippen molar-refractivity contribution >= 4 is 0 Å². The predicted octanol–water partition coefficient (Wildman–Crippen LogP) is 2.53. The molecule has 1 saturated heterocycles. The van der Waals surface area contributed by atoms with Gasteiger partial charge in [-0.1, -0.05) is 19.8 Å². The molecule has 2 aliphatic rings. The van der Waals surface area contributed by atoms with Crippen molar-refractivity contribution < 1.29 is 9.84 Å². The first-order valence-electron chi connectivity index (χ1n) is 8.01. The Hall–Kier alpha value is -0.120. The Morgan fingerprint density at radius 3 is 2.63 bits per heavy atom. The van der Waals surface area contributed by atoms with Crippen molar-refractivity contribution in [3.8, 4) is 0 Å². The average molecular weight is 269 g/mol. The number of aliphatic hydroxyl groups is 1. The van der Waals surface area contributed by atoms with Crippen LogP contribution < -0.4 is 0 Å².